The second kappa shape index (κ2) is 9.80. The van der Waals surface area contributed by atoms with E-state index in [9.17, 15) is 18.4 Å². The minimum Gasteiger partial charge on any atom is -0.435 e. The van der Waals surface area contributed by atoms with Crippen molar-refractivity contribution in [3.63, 3.8) is 0 Å². The second-order valence-corrected chi connectivity index (χ2v) is 9.40. The van der Waals surface area contributed by atoms with Crippen molar-refractivity contribution >= 4 is 50.6 Å². The molecule has 0 aliphatic carbocycles. The number of alkyl halides is 2. The van der Waals surface area contributed by atoms with Crippen molar-refractivity contribution in [2.45, 2.75) is 18.3 Å². The molecule has 11 heteroatoms. The van der Waals surface area contributed by atoms with Crippen LogP contribution in [0.4, 0.5) is 8.78 Å². The summed E-state index contributed by atoms with van der Waals surface area (Å²) in [5.41, 5.74) is 1.48. The van der Waals surface area contributed by atoms with Crippen LogP contribution in [0.5, 0.6) is 5.75 Å². The highest BCUT2D eigenvalue weighted by atomic mass is 32.2. The van der Waals surface area contributed by atoms with Crippen LogP contribution in [0, 0.1) is 0 Å². The number of rotatable bonds is 8. The van der Waals surface area contributed by atoms with Gasteiger partial charge >= 0.3 is 6.61 Å². The maximum Gasteiger partial charge on any atom is 0.387 e. The molecular weight excluding hydrogens is 476 g/mol. The Hall–Kier alpha value is -2.76. The number of carbonyl (C=O) groups excluding carboxylic acids is 1. The van der Waals surface area contributed by atoms with Crippen molar-refractivity contribution in [1.29, 1.82) is 0 Å². The Morgan fingerprint density at radius 1 is 1.25 bits per heavy atom. The summed E-state index contributed by atoms with van der Waals surface area (Å²) in [4.78, 5) is 31.4. The van der Waals surface area contributed by atoms with Crippen molar-refractivity contribution in [3.8, 4) is 16.2 Å². The zero-order valence-corrected chi connectivity index (χ0v) is 19.2. The van der Waals surface area contributed by atoms with Crippen LogP contribution in [-0.2, 0) is 18.4 Å². The fourth-order valence-electron chi connectivity index (χ4n) is 2.97. The quantitative estimate of drug-likeness (QED) is 0.284. The summed E-state index contributed by atoms with van der Waals surface area (Å²) in [6.45, 7) is -2.63. The lowest BCUT2D eigenvalue weighted by atomic mass is 10.2. The van der Waals surface area contributed by atoms with E-state index >= 15 is 0 Å². The number of fused-ring (bicyclic) bond motifs is 1. The number of aromatic nitrogens is 2. The van der Waals surface area contributed by atoms with Crippen molar-refractivity contribution in [2.75, 3.05) is 5.75 Å². The van der Waals surface area contributed by atoms with Gasteiger partial charge in [0.1, 0.15) is 10.6 Å². The lowest BCUT2D eigenvalue weighted by Crippen LogP contribution is -2.25. The lowest BCUT2D eigenvalue weighted by molar-refractivity contribution is -0.118. The molecule has 6 nitrogen and oxygen atoms in total. The average Bonchev–Trinajstić information content (AvgIpc) is 3.44. The van der Waals surface area contributed by atoms with Gasteiger partial charge in [-0.1, -0.05) is 30.0 Å². The average molecular weight is 494 g/mol. The number of nitrogens with one attached hydrogen (secondary N) is 1. The van der Waals surface area contributed by atoms with E-state index < -0.39 is 6.61 Å². The van der Waals surface area contributed by atoms with Crippen molar-refractivity contribution in [1.82, 2.24) is 14.9 Å². The molecular formula is C21H17F2N3O3S3. The number of nitrogens with zero attached hydrogens (tertiary/aromatic N) is 2. The third-order valence-corrected chi connectivity index (χ3v) is 7.34. The highest BCUT2D eigenvalue weighted by Gasteiger charge is 2.17. The van der Waals surface area contributed by atoms with Crippen LogP contribution in [0.3, 0.4) is 0 Å². The monoisotopic (exact) mass is 493 g/mol. The molecule has 0 radical (unpaired) electrons. The first-order valence-corrected chi connectivity index (χ1v) is 12.1. The summed E-state index contributed by atoms with van der Waals surface area (Å²) in [5, 5.41) is 7.72. The predicted molar refractivity (Wildman–Crippen MR) is 124 cm³/mol. The van der Waals surface area contributed by atoms with Crippen LogP contribution in [0.15, 0.2) is 57.1 Å². The second-order valence-electron chi connectivity index (χ2n) is 6.65. The number of hydrogen-bond acceptors (Lipinski definition) is 7. The summed E-state index contributed by atoms with van der Waals surface area (Å²) < 4.78 is 30.2. The van der Waals surface area contributed by atoms with Gasteiger partial charge in [-0.25, -0.2) is 4.98 Å². The SMILES string of the molecule is Cn1c(SCC(=O)NCc2ccc(OC(F)F)cc2)nc2scc(-c3cccs3)c2c1=O. The number of carbonyl (C=O) groups is 1. The Balaban J connectivity index is 1.39. The molecule has 166 valence electrons. The van der Waals surface area contributed by atoms with Gasteiger partial charge in [-0.2, -0.15) is 8.78 Å². The summed E-state index contributed by atoms with van der Waals surface area (Å²) in [7, 11) is 1.65. The fraction of sp³-hybridized carbons (Fsp3) is 0.190. The van der Waals surface area contributed by atoms with Gasteiger partial charge in [0.15, 0.2) is 5.16 Å². The topological polar surface area (TPSA) is 73.2 Å². The molecule has 1 aromatic carbocycles. The molecule has 4 aromatic rings. The van der Waals surface area contributed by atoms with Gasteiger partial charge in [-0.15, -0.1) is 22.7 Å². The van der Waals surface area contributed by atoms with E-state index in [0.717, 1.165) is 16.0 Å². The van der Waals surface area contributed by atoms with Gasteiger partial charge < -0.3 is 10.1 Å². The van der Waals surface area contributed by atoms with Gasteiger partial charge in [-0.05, 0) is 29.1 Å². The van der Waals surface area contributed by atoms with Gasteiger partial charge in [-0.3, -0.25) is 14.2 Å². The standard InChI is InChI=1S/C21H17F2N3O3S3/c1-26-19(28)17-14(15-3-2-8-30-15)10-31-18(17)25-21(26)32-11-16(27)24-9-12-4-6-13(7-5-12)29-20(22)23/h2-8,10,20H,9,11H2,1H3,(H,24,27). The number of thiophene rings is 2. The molecule has 0 atom stereocenters. The maximum absolute atomic E-state index is 12.9. The van der Waals surface area contributed by atoms with Gasteiger partial charge in [0.05, 0.1) is 11.1 Å². The molecule has 0 bridgehead atoms. The third kappa shape index (κ3) is 5.00. The van der Waals surface area contributed by atoms with Crippen LogP contribution in [0.1, 0.15) is 5.56 Å². The van der Waals surface area contributed by atoms with E-state index in [-0.39, 0.29) is 29.5 Å². The third-order valence-electron chi connectivity index (χ3n) is 4.53. The molecule has 0 unspecified atom stereocenters. The lowest BCUT2D eigenvalue weighted by Gasteiger charge is -2.09. The minimum absolute atomic E-state index is 0.0591. The van der Waals surface area contributed by atoms with Crippen LogP contribution >= 0.6 is 34.4 Å². The largest absolute Gasteiger partial charge is 0.435 e. The number of thioether (sulfide) groups is 1. The first-order chi connectivity index (χ1) is 15.4. The molecule has 0 aliphatic heterocycles. The first-order valence-electron chi connectivity index (χ1n) is 9.37. The van der Waals surface area contributed by atoms with Gasteiger partial charge in [0, 0.05) is 29.4 Å². The summed E-state index contributed by atoms with van der Waals surface area (Å²) in [6, 6.07) is 9.96. The summed E-state index contributed by atoms with van der Waals surface area (Å²) in [5.74, 6) is -0.0897. The molecule has 1 N–H and O–H groups in total. The number of halogens is 2. The number of ether oxygens (including phenoxy) is 1. The Morgan fingerprint density at radius 2 is 2.03 bits per heavy atom. The molecule has 0 saturated heterocycles. The summed E-state index contributed by atoms with van der Waals surface area (Å²) >= 11 is 4.16. The maximum atomic E-state index is 12.9. The molecule has 32 heavy (non-hydrogen) atoms. The molecule has 0 aliphatic rings. The van der Waals surface area contributed by atoms with Crippen molar-refractivity contribution in [3.05, 3.63) is 63.1 Å². The molecule has 3 heterocycles. The molecule has 0 spiro atoms. The van der Waals surface area contributed by atoms with E-state index in [1.807, 2.05) is 22.9 Å². The Kier molecular flexibility index (Phi) is 6.87. The molecule has 1 amide bonds. The van der Waals surface area contributed by atoms with Crippen LogP contribution in [-0.4, -0.2) is 27.8 Å². The van der Waals surface area contributed by atoms with E-state index in [4.69, 9.17) is 0 Å². The molecule has 3 aromatic heterocycles. The van der Waals surface area contributed by atoms with E-state index in [1.54, 1.807) is 30.5 Å². The highest BCUT2D eigenvalue weighted by Crippen LogP contribution is 2.34. The number of benzene rings is 1. The van der Waals surface area contributed by atoms with Crippen LogP contribution < -0.4 is 15.6 Å². The Bertz CT molecular complexity index is 1290. The minimum atomic E-state index is -2.88. The van der Waals surface area contributed by atoms with Crippen LogP contribution in [0.25, 0.3) is 20.7 Å². The van der Waals surface area contributed by atoms with Crippen molar-refractivity contribution < 1.29 is 18.3 Å². The molecule has 4 rings (SSSR count). The van der Waals surface area contributed by atoms with Crippen LogP contribution in [0.2, 0.25) is 0 Å². The Labute approximate surface area is 193 Å². The normalized spacial score (nSPS) is 11.2. The van der Waals surface area contributed by atoms with E-state index in [1.165, 1.54) is 39.8 Å². The van der Waals surface area contributed by atoms with Gasteiger partial charge in [0.25, 0.3) is 5.56 Å². The van der Waals surface area contributed by atoms with E-state index in [2.05, 4.69) is 15.0 Å². The highest BCUT2D eigenvalue weighted by molar-refractivity contribution is 7.99. The smallest absolute Gasteiger partial charge is 0.387 e. The zero-order valence-electron chi connectivity index (χ0n) is 16.7. The van der Waals surface area contributed by atoms with E-state index in [0.29, 0.717) is 15.4 Å². The number of amides is 1. The van der Waals surface area contributed by atoms with Gasteiger partial charge in [0.2, 0.25) is 5.91 Å². The molecule has 0 fully saturated rings. The molecule has 0 saturated carbocycles. The first kappa shape index (κ1) is 22.4. The summed E-state index contributed by atoms with van der Waals surface area (Å²) in [6.07, 6.45) is 0. The van der Waals surface area contributed by atoms with Crippen molar-refractivity contribution in [2.24, 2.45) is 7.05 Å². The fourth-order valence-corrected chi connectivity index (χ4v) is 5.57. The number of hydrogen-bond donors (Lipinski definition) is 1. The Morgan fingerprint density at radius 3 is 2.72 bits per heavy atom. The predicted octanol–water partition coefficient (Wildman–Crippen LogP) is 4.73. The zero-order chi connectivity index (χ0) is 22.7.